The van der Waals surface area contributed by atoms with E-state index in [4.69, 9.17) is 20.9 Å². The molecule has 0 atom stereocenters. The molecule has 0 heterocycles. The smallest absolute Gasteiger partial charge is 0.206 e. The van der Waals surface area contributed by atoms with Crippen LogP contribution in [0.5, 0.6) is 11.5 Å². The number of hydrogen-bond acceptors (Lipinski definition) is 6. The highest BCUT2D eigenvalue weighted by Gasteiger charge is 2.20. The summed E-state index contributed by atoms with van der Waals surface area (Å²) in [7, 11) is -0.859. The van der Waals surface area contributed by atoms with E-state index in [1.165, 1.54) is 50.6 Å². The maximum atomic E-state index is 12.6. The highest BCUT2D eigenvalue weighted by Crippen LogP contribution is 2.31. The van der Waals surface area contributed by atoms with Crippen LogP contribution in [0, 0.1) is 0 Å². The SMILES string of the molecule is COc1cc(S(=O)(=O)c2ccc(N)c(OC)c2)ccc1N. The van der Waals surface area contributed by atoms with Crippen molar-refractivity contribution in [2.75, 3.05) is 25.7 Å². The fraction of sp³-hybridized carbons (Fsp3) is 0.143. The number of ether oxygens (including phenoxy) is 2. The molecular weight excluding hydrogens is 292 g/mol. The van der Waals surface area contributed by atoms with Gasteiger partial charge in [0.1, 0.15) is 11.5 Å². The maximum absolute atomic E-state index is 12.6. The third kappa shape index (κ3) is 2.73. The zero-order valence-corrected chi connectivity index (χ0v) is 12.5. The summed E-state index contributed by atoms with van der Waals surface area (Å²) in [6, 6.07) is 8.59. The molecule has 0 aliphatic rings. The lowest BCUT2D eigenvalue weighted by Gasteiger charge is -2.10. The number of benzene rings is 2. The molecule has 0 saturated heterocycles. The van der Waals surface area contributed by atoms with Crippen LogP contribution in [0.15, 0.2) is 46.2 Å². The van der Waals surface area contributed by atoms with Crippen LogP contribution in [-0.2, 0) is 9.84 Å². The van der Waals surface area contributed by atoms with Crippen molar-refractivity contribution < 1.29 is 17.9 Å². The average Bonchev–Trinajstić information content (AvgIpc) is 2.47. The lowest BCUT2D eigenvalue weighted by atomic mass is 10.3. The predicted molar refractivity (Wildman–Crippen MR) is 80.3 cm³/mol. The minimum atomic E-state index is -3.71. The summed E-state index contributed by atoms with van der Waals surface area (Å²) < 4.78 is 35.3. The lowest BCUT2D eigenvalue weighted by molar-refractivity contribution is 0.415. The number of anilines is 2. The minimum Gasteiger partial charge on any atom is -0.495 e. The van der Waals surface area contributed by atoms with Gasteiger partial charge in [0, 0.05) is 12.1 Å². The van der Waals surface area contributed by atoms with Crippen molar-refractivity contribution in [3.05, 3.63) is 36.4 Å². The number of nitrogen functional groups attached to an aromatic ring is 2. The molecule has 0 bridgehead atoms. The average molecular weight is 308 g/mol. The fourth-order valence-electron chi connectivity index (χ4n) is 1.85. The molecule has 0 radical (unpaired) electrons. The van der Waals surface area contributed by atoms with Gasteiger partial charge in [-0.1, -0.05) is 0 Å². The second-order valence-electron chi connectivity index (χ2n) is 4.31. The Morgan fingerprint density at radius 1 is 0.810 bits per heavy atom. The van der Waals surface area contributed by atoms with E-state index in [0.29, 0.717) is 22.9 Å². The van der Waals surface area contributed by atoms with E-state index in [1.807, 2.05) is 0 Å². The largest absolute Gasteiger partial charge is 0.495 e. The van der Waals surface area contributed by atoms with Gasteiger partial charge in [0.15, 0.2) is 0 Å². The van der Waals surface area contributed by atoms with Crippen molar-refractivity contribution in [1.82, 2.24) is 0 Å². The summed E-state index contributed by atoms with van der Waals surface area (Å²) in [5.41, 5.74) is 12.1. The van der Waals surface area contributed by atoms with Gasteiger partial charge in [-0.2, -0.15) is 0 Å². The fourth-order valence-corrected chi connectivity index (χ4v) is 3.14. The van der Waals surface area contributed by atoms with Gasteiger partial charge in [-0.15, -0.1) is 0 Å². The van der Waals surface area contributed by atoms with E-state index in [-0.39, 0.29) is 9.79 Å². The third-order valence-electron chi connectivity index (χ3n) is 3.03. The quantitative estimate of drug-likeness (QED) is 0.833. The van der Waals surface area contributed by atoms with Crippen LogP contribution in [0.2, 0.25) is 0 Å². The summed E-state index contributed by atoms with van der Waals surface area (Å²) in [5.74, 6) is 0.608. The van der Waals surface area contributed by atoms with Crippen molar-refractivity contribution in [3.8, 4) is 11.5 Å². The molecule has 0 fully saturated rings. The van der Waals surface area contributed by atoms with Crippen LogP contribution in [0.25, 0.3) is 0 Å². The van der Waals surface area contributed by atoms with Gasteiger partial charge in [-0.3, -0.25) is 0 Å². The minimum absolute atomic E-state index is 0.0837. The van der Waals surface area contributed by atoms with E-state index >= 15 is 0 Å². The molecule has 0 unspecified atom stereocenters. The highest BCUT2D eigenvalue weighted by molar-refractivity contribution is 7.91. The molecule has 6 nitrogen and oxygen atoms in total. The molecule has 0 saturated carbocycles. The van der Waals surface area contributed by atoms with E-state index in [0.717, 1.165) is 0 Å². The van der Waals surface area contributed by atoms with Crippen molar-refractivity contribution in [2.45, 2.75) is 9.79 Å². The van der Waals surface area contributed by atoms with Crippen molar-refractivity contribution in [1.29, 1.82) is 0 Å². The van der Waals surface area contributed by atoms with E-state index in [1.54, 1.807) is 0 Å². The lowest BCUT2D eigenvalue weighted by Crippen LogP contribution is -2.04. The molecule has 4 N–H and O–H groups in total. The van der Waals surface area contributed by atoms with E-state index in [2.05, 4.69) is 0 Å². The first-order valence-corrected chi connectivity index (χ1v) is 7.50. The number of sulfone groups is 1. The molecule has 2 rings (SSSR count). The van der Waals surface area contributed by atoms with Crippen molar-refractivity contribution in [3.63, 3.8) is 0 Å². The molecule has 0 aliphatic heterocycles. The Morgan fingerprint density at radius 3 is 1.52 bits per heavy atom. The summed E-state index contributed by atoms with van der Waals surface area (Å²) in [5, 5.41) is 0. The Bertz CT molecular complexity index is 713. The van der Waals surface area contributed by atoms with Gasteiger partial charge in [-0.05, 0) is 24.3 Å². The highest BCUT2D eigenvalue weighted by atomic mass is 32.2. The van der Waals surface area contributed by atoms with Gasteiger partial charge in [0.05, 0.1) is 35.4 Å². The van der Waals surface area contributed by atoms with Crippen LogP contribution < -0.4 is 20.9 Å². The number of hydrogen-bond donors (Lipinski definition) is 2. The molecule has 0 spiro atoms. The Hall–Kier alpha value is -2.41. The first-order chi connectivity index (χ1) is 9.90. The first-order valence-electron chi connectivity index (χ1n) is 6.02. The Kier molecular flexibility index (Phi) is 3.95. The van der Waals surface area contributed by atoms with Gasteiger partial charge in [-0.25, -0.2) is 8.42 Å². The van der Waals surface area contributed by atoms with Gasteiger partial charge in [0.25, 0.3) is 0 Å². The molecule has 2 aromatic carbocycles. The number of nitrogens with two attached hydrogens (primary N) is 2. The van der Waals surface area contributed by atoms with Crippen LogP contribution in [0.3, 0.4) is 0 Å². The predicted octanol–water partition coefficient (Wildman–Crippen LogP) is 1.70. The molecule has 21 heavy (non-hydrogen) atoms. The zero-order chi connectivity index (χ0) is 15.6. The molecule has 0 amide bonds. The first kappa shape index (κ1) is 15.0. The van der Waals surface area contributed by atoms with Gasteiger partial charge in [0.2, 0.25) is 9.84 Å². The van der Waals surface area contributed by atoms with Crippen molar-refractivity contribution >= 4 is 21.2 Å². The normalized spacial score (nSPS) is 11.1. The molecule has 2 aromatic rings. The van der Waals surface area contributed by atoms with Crippen molar-refractivity contribution in [2.24, 2.45) is 0 Å². The number of methoxy groups -OCH3 is 2. The van der Waals surface area contributed by atoms with Gasteiger partial charge < -0.3 is 20.9 Å². The summed E-state index contributed by atoms with van der Waals surface area (Å²) in [6.07, 6.45) is 0. The molecule has 7 heteroatoms. The Labute approximate surface area is 123 Å². The molecule has 112 valence electrons. The molecular formula is C14H16N2O4S. The topological polar surface area (TPSA) is 105 Å². The molecule has 0 aliphatic carbocycles. The van der Waals surface area contributed by atoms with Crippen LogP contribution in [0.1, 0.15) is 0 Å². The summed E-state index contributed by atoms with van der Waals surface area (Å²) in [6.45, 7) is 0. The summed E-state index contributed by atoms with van der Waals surface area (Å²) in [4.78, 5) is 0.167. The van der Waals surface area contributed by atoms with E-state index < -0.39 is 9.84 Å². The van der Waals surface area contributed by atoms with Crippen LogP contribution in [0.4, 0.5) is 11.4 Å². The third-order valence-corrected chi connectivity index (χ3v) is 4.78. The maximum Gasteiger partial charge on any atom is 0.206 e. The number of rotatable bonds is 4. The van der Waals surface area contributed by atoms with E-state index in [9.17, 15) is 8.42 Å². The second-order valence-corrected chi connectivity index (χ2v) is 6.26. The van der Waals surface area contributed by atoms with Crippen LogP contribution >= 0.6 is 0 Å². The second kappa shape index (κ2) is 5.53. The zero-order valence-electron chi connectivity index (χ0n) is 11.7. The Balaban J connectivity index is 2.56. The van der Waals surface area contributed by atoms with Crippen LogP contribution in [-0.4, -0.2) is 22.6 Å². The Morgan fingerprint density at radius 2 is 1.19 bits per heavy atom. The standard InChI is InChI=1S/C14H16N2O4S/c1-19-13-7-9(3-5-11(13)15)21(17,18)10-4-6-12(16)14(8-10)20-2/h3-8H,15-16H2,1-2H3. The van der Waals surface area contributed by atoms with Gasteiger partial charge >= 0.3 is 0 Å². The summed E-state index contributed by atoms with van der Waals surface area (Å²) >= 11 is 0. The monoisotopic (exact) mass is 308 g/mol. The molecule has 0 aromatic heterocycles.